The highest BCUT2D eigenvalue weighted by Gasteiger charge is 2.31. The van der Waals surface area contributed by atoms with Crippen molar-refractivity contribution in [2.75, 3.05) is 0 Å². The Morgan fingerprint density at radius 2 is 1.96 bits per heavy atom. The Labute approximate surface area is 134 Å². The minimum Gasteiger partial charge on any atom is -0.443 e. The summed E-state index contributed by atoms with van der Waals surface area (Å²) < 4.78 is 5.47. The predicted octanol–water partition coefficient (Wildman–Crippen LogP) is 2.20. The zero-order valence-electron chi connectivity index (χ0n) is 13.1. The SMILES string of the molecule is Cc1[nH]nc(C(=O)OC(C(=O)NC2CC2)c2ccccc2)c1C. The Balaban J connectivity index is 1.81. The lowest BCUT2D eigenvalue weighted by Gasteiger charge is -2.17. The Kier molecular flexibility index (Phi) is 4.14. The van der Waals surface area contributed by atoms with E-state index in [1.54, 1.807) is 19.1 Å². The van der Waals surface area contributed by atoms with Crippen LogP contribution >= 0.6 is 0 Å². The maximum absolute atomic E-state index is 12.4. The first-order chi connectivity index (χ1) is 11.1. The Bertz CT molecular complexity index is 720. The van der Waals surface area contributed by atoms with Gasteiger partial charge in [0.25, 0.3) is 5.91 Å². The number of benzene rings is 1. The van der Waals surface area contributed by atoms with Gasteiger partial charge >= 0.3 is 5.97 Å². The molecule has 120 valence electrons. The van der Waals surface area contributed by atoms with Crippen LogP contribution in [0.15, 0.2) is 30.3 Å². The molecular formula is C17H19N3O3. The topological polar surface area (TPSA) is 84.1 Å². The van der Waals surface area contributed by atoms with Gasteiger partial charge in [0.1, 0.15) is 0 Å². The first-order valence-electron chi connectivity index (χ1n) is 7.64. The van der Waals surface area contributed by atoms with Gasteiger partial charge in [0.05, 0.1) is 0 Å². The second-order valence-corrected chi connectivity index (χ2v) is 5.80. The molecule has 1 aliphatic rings. The Morgan fingerprint density at radius 3 is 2.52 bits per heavy atom. The van der Waals surface area contributed by atoms with E-state index in [1.807, 2.05) is 25.1 Å². The van der Waals surface area contributed by atoms with Crippen LogP contribution in [0.1, 0.15) is 46.3 Å². The van der Waals surface area contributed by atoms with Crippen LogP contribution in [-0.2, 0) is 9.53 Å². The van der Waals surface area contributed by atoms with Gasteiger partial charge in [-0.3, -0.25) is 9.89 Å². The zero-order valence-corrected chi connectivity index (χ0v) is 13.1. The first-order valence-corrected chi connectivity index (χ1v) is 7.64. The molecule has 0 aliphatic heterocycles. The number of ether oxygens (including phenoxy) is 1. The molecule has 1 heterocycles. The Morgan fingerprint density at radius 1 is 1.26 bits per heavy atom. The van der Waals surface area contributed by atoms with E-state index in [0.717, 1.165) is 24.1 Å². The number of nitrogens with zero attached hydrogens (tertiary/aromatic N) is 1. The summed E-state index contributed by atoms with van der Waals surface area (Å²) in [5.41, 5.74) is 2.38. The van der Waals surface area contributed by atoms with E-state index in [0.29, 0.717) is 5.56 Å². The maximum atomic E-state index is 12.4. The molecule has 0 radical (unpaired) electrons. The van der Waals surface area contributed by atoms with Gasteiger partial charge in [-0.05, 0) is 26.7 Å². The summed E-state index contributed by atoms with van der Waals surface area (Å²) in [6.07, 6.45) is 0.971. The highest BCUT2D eigenvalue weighted by molar-refractivity contribution is 5.92. The summed E-state index contributed by atoms with van der Waals surface area (Å²) in [5.74, 6) is -0.899. The molecule has 1 aromatic carbocycles. The number of aromatic nitrogens is 2. The maximum Gasteiger partial charge on any atom is 0.360 e. The third kappa shape index (κ3) is 3.41. The molecule has 0 saturated heterocycles. The number of nitrogens with one attached hydrogen (secondary N) is 2. The Hall–Kier alpha value is -2.63. The van der Waals surface area contributed by atoms with E-state index in [2.05, 4.69) is 15.5 Å². The van der Waals surface area contributed by atoms with Crippen LogP contribution in [0.25, 0.3) is 0 Å². The lowest BCUT2D eigenvalue weighted by Crippen LogP contribution is -2.33. The summed E-state index contributed by atoms with van der Waals surface area (Å²) in [7, 11) is 0. The molecule has 6 nitrogen and oxygen atoms in total. The van der Waals surface area contributed by atoms with Crippen molar-refractivity contribution in [3.63, 3.8) is 0 Å². The quantitative estimate of drug-likeness (QED) is 0.829. The fourth-order valence-corrected chi connectivity index (χ4v) is 2.25. The monoisotopic (exact) mass is 313 g/mol. The van der Waals surface area contributed by atoms with E-state index in [1.165, 1.54) is 0 Å². The number of hydrogen-bond acceptors (Lipinski definition) is 4. The van der Waals surface area contributed by atoms with Crippen LogP contribution in [0.4, 0.5) is 0 Å². The molecule has 2 aromatic rings. The number of aromatic amines is 1. The summed E-state index contributed by atoms with van der Waals surface area (Å²) in [5, 5.41) is 9.60. The average Bonchev–Trinajstić information content (AvgIpc) is 3.30. The molecule has 3 rings (SSSR count). The lowest BCUT2D eigenvalue weighted by molar-refractivity contribution is -0.130. The van der Waals surface area contributed by atoms with Crippen LogP contribution < -0.4 is 5.32 Å². The number of hydrogen-bond donors (Lipinski definition) is 2. The van der Waals surface area contributed by atoms with Crippen molar-refractivity contribution in [1.82, 2.24) is 15.5 Å². The molecule has 1 aliphatic carbocycles. The molecule has 1 amide bonds. The van der Waals surface area contributed by atoms with Gasteiger partial charge in [-0.25, -0.2) is 4.79 Å². The van der Waals surface area contributed by atoms with Crippen LogP contribution in [0.5, 0.6) is 0 Å². The normalized spacial score (nSPS) is 15.0. The van der Waals surface area contributed by atoms with Gasteiger partial charge in [0.2, 0.25) is 6.10 Å². The van der Waals surface area contributed by atoms with Crippen molar-refractivity contribution in [1.29, 1.82) is 0 Å². The predicted molar refractivity (Wildman–Crippen MR) is 83.8 cm³/mol. The fraction of sp³-hybridized carbons (Fsp3) is 0.353. The van der Waals surface area contributed by atoms with Crippen LogP contribution in [0.3, 0.4) is 0 Å². The summed E-state index contributed by atoms with van der Waals surface area (Å²) in [6, 6.07) is 9.21. The van der Waals surface area contributed by atoms with Gasteiger partial charge in [0, 0.05) is 22.9 Å². The molecule has 1 atom stereocenters. The zero-order chi connectivity index (χ0) is 16.4. The summed E-state index contributed by atoms with van der Waals surface area (Å²) in [4.78, 5) is 24.8. The van der Waals surface area contributed by atoms with Gasteiger partial charge in [-0.15, -0.1) is 0 Å². The minimum atomic E-state index is -0.972. The lowest BCUT2D eigenvalue weighted by atomic mass is 10.1. The minimum absolute atomic E-state index is 0.196. The van der Waals surface area contributed by atoms with E-state index < -0.39 is 12.1 Å². The number of rotatable bonds is 5. The van der Waals surface area contributed by atoms with Gasteiger partial charge in [-0.2, -0.15) is 5.10 Å². The molecule has 23 heavy (non-hydrogen) atoms. The van der Waals surface area contributed by atoms with Crippen molar-refractivity contribution < 1.29 is 14.3 Å². The van der Waals surface area contributed by atoms with E-state index >= 15 is 0 Å². The average molecular weight is 313 g/mol. The molecular weight excluding hydrogens is 294 g/mol. The van der Waals surface area contributed by atoms with Crippen molar-refractivity contribution in [3.05, 3.63) is 52.8 Å². The van der Waals surface area contributed by atoms with E-state index in [4.69, 9.17) is 4.74 Å². The number of carbonyl (C=O) groups is 2. The smallest absolute Gasteiger partial charge is 0.360 e. The third-order valence-electron chi connectivity index (χ3n) is 3.94. The number of esters is 1. The van der Waals surface area contributed by atoms with Crippen molar-refractivity contribution >= 4 is 11.9 Å². The fourth-order valence-electron chi connectivity index (χ4n) is 2.25. The van der Waals surface area contributed by atoms with Crippen LogP contribution in [0.2, 0.25) is 0 Å². The number of amides is 1. The number of carbonyl (C=O) groups excluding carboxylic acids is 2. The second-order valence-electron chi connectivity index (χ2n) is 5.80. The molecule has 1 aromatic heterocycles. The van der Waals surface area contributed by atoms with Crippen molar-refractivity contribution in [3.8, 4) is 0 Å². The number of H-pyrrole nitrogens is 1. The standard InChI is InChI=1S/C17H19N3O3/c1-10-11(2)19-20-14(10)17(22)23-15(12-6-4-3-5-7-12)16(21)18-13-8-9-13/h3-7,13,15H,8-9H2,1-2H3,(H,18,21)(H,19,20). The summed E-state index contributed by atoms with van der Waals surface area (Å²) >= 11 is 0. The molecule has 0 spiro atoms. The largest absolute Gasteiger partial charge is 0.443 e. The van der Waals surface area contributed by atoms with Crippen molar-refractivity contribution in [2.45, 2.75) is 38.8 Å². The van der Waals surface area contributed by atoms with Crippen LogP contribution in [0, 0.1) is 13.8 Å². The highest BCUT2D eigenvalue weighted by Crippen LogP contribution is 2.24. The van der Waals surface area contributed by atoms with E-state index in [-0.39, 0.29) is 17.6 Å². The third-order valence-corrected chi connectivity index (χ3v) is 3.94. The van der Waals surface area contributed by atoms with Crippen LogP contribution in [-0.4, -0.2) is 28.1 Å². The molecule has 2 N–H and O–H groups in total. The van der Waals surface area contributed by atoms with Gasteiger partial charge < -0.3 is 10.1 Å². The second kappa shape index (κ2) is 6.24. The molecule has 1 fully saturated rings. The molecule has 0 bridgehead atoms. The number of aryl methyl sites for hydroxylation is 1. The van der Waals surface area contributed by atoms with Gasteiger partial charge in [0.15, 0.2) is 5.69 Å². The first kappa shape index (κ1) is 15.3. The molecule has 1 unspecified atom stereocenters. The molecule has 6 heteroatoms. The highest BCUT2D eigenvalue weighted by atomic mass is 16.5. The van der Waals surface area contributed by atoms with E-state index in [9.17, 15) is 9.59 Å². The van der Waals surface area contributed by atoms with Gasteiger partial charge in [-0.1, -0.05) is 30.3 Å². The van der Waals surface area contributed by atoms with Crippen molar-refractivity contribution in [2.24, 2.45) is 0 Å². The summed E-state index contributed by atoms with van der Waals surface area (Å²) in [6.45, 7) is 3.62. The molecule has 1 saturated carbocycles.